The minimum atomic E-state index is 0.732. The number of aromatic nitrogens is 4. The van der Waals surface area contributed by atoms with E-state index in [1.54, 1.807) is 6.20 Å². The topological polar surface area (TPSA) is 55.6 Å². The lowest BCUT2D eigenvalue weighted by molar-refractivity contribution is 0.738. The van der Waals surface area contributed by atoms with Gasteiger partial charge in [0.2, 0.25) is 0 Å². The number of nitrogens with zero attached hydrogens (tertiary/aromatic N) is 4. The van der Waals surface area contributed by atoms with Gasteiger partial charge in [-0.2, -0.15) is 15.3 Å². The number of hydrogen-bond acceptors (Lipinski definition) is 4. The molecule has 3 aromatic rings. The standard InChI is InChI=1S/C14H15N5/c1-10-11(8-17-19(10)2)7-15-14-9-16-18-13-6-4-3-5-12(13)14/h3-6,8-9H,7H2,1-2H3,(H,15,18). The van der Waals surface area contributed by atoms with Crippen molar-refractivity contribution >= 4 is 16.6 Å². The van der Waals surface area contributed by atoms with Gasteiger partial charge in [0, 0.05) is 30.2 Å². The molecule has 96 valence electrons. The van der Waals surface area contributed by atoms with Gasteiger partial charge in [-0.05, 0) is 13.0 Å². The van der Waals surface area contributed by atoms with E-state index in [9.17, 15) is 0 Å². The van der Waals surface area contributed by atoms with Gasteiger partial charge < -0.3 is 5.32 Å². The Hall–Kier alpha value is -2.43. The van der Waals surface area contributed by atoms with Crippen LogP contribution in [0.1, 0.15) is 11.3 Å². The molecule has 0 atom stereocenters. The van der Waals surface area contributed by atoms with Crippen LogP contribution < -0.4 is 5.32 Å². The number of nitrogens with one attached hydrogen (secondary N) is 1. The zero-order chi connectivity index (χ0) is 13.2. The van der Waals surface area contributed by atoms with Gasteiger partial charge in [0.1, 0.15) is 0 Å². The molecule has 0 radical (unpaired) electrons. The third-order valence-corrected chi connectivity index (χ3v) is 3.35. The lowest BCUT2D eigenvalue weighted by atomic mass is 10.2. The Morgan fingerprint density at radius 2 is 2.05 bits per heavy atom. The third kappa shape index (κ3) is 2.14. The molecule has 0 bridgehead atoms. The average Bonchev–Trinajstić information content (AvgIpc) is 2.76. The van der Waals surface area contributed by atoms with E-state index in [1.165, 1.54) is 11.3 Å². The third-order valence-electron chi connectivity index (χ3n) is 3.35. The SMILES string of the molecule is Cc1c(CNc2cnnc3ccccc23)cnn1C. The Labute approximate surface area is 111 Å². The van der Waals surface area contributed by atoms with Crippen molar-refractivity contribution in [2.24, 2.45) is 7.05 Å². The van der Waals surface area contributed by atoms with Crippen LogP contribution in [0.2, 0.25) is 0 Å². The minimum Gasteiger partial charge on any atom is -0.379 e. The average molecular weight is 253 g/mol. The molecule has 0 amide bonds. The summed E-state index contributed by atoms with van der Waals surface area (Å²) >= 11 is 0. The minimum absolute atomic E-state index is 0.732. The predicted octanol–water partition coefficient (Wildman–Crippen LogP) is 2.28. The van der Waals surface area contributed by atoms with Gasteiger partial charge in [-0.1, -0.05) is 18.2 Å². The van der Waals surface area contributed by atoms with E-state index < -0.39 is 0 Å². The molecule has 0 saturated heterocycles. The van der Waals surface area contributed by atoms with E-state index in [0.717, 1.165) is 23.1 Å². The molecule has 0 unspecified atom stereocenters. The molecule has 1 N–H and O–H groups in total. The van der Waals surface area contributed by atoms with Crippen molar-refractivity contribution in [1.29, 1.82) is 0 Å². The van der Waals surface area contributed by atoms with Crippen LogP contribution in [0.25, 0.3) is 10.9 Å². The highest BCUT2D eigenvalue weighted by atomic mass is 15.3. The molecule has 0 aliphatic rings. The van der Waals surface area contributed by atoms with Crippen molar-refractivity contribution in [1.82, 2.24) is 20.0 Å². The highest BCUT2D eigenvalue weighted by Crippen LogP contribution is 2.20. The molecular weight excluding hydrogens is 238 g/mol. The molecule has 1 aromatic carbocycles. The first-order chi connectivity index (χ1) is 9.25. The van der Waals surface area contributed by atoms with E-state index >= 15 is 0 Å². The summed E-state index contributed by atoms with van der Waals surface area (Å²) in [5, 5.41) is 16.9. The van der Waals surface area contributed by atoms with Crippen molar-refractivity contribution in [3.8, 4) is 0 Å². The van der Waals surface area contributed by atoms with Crippen LogP contribution in [0.15, 0.2) is 36.7 Å². The summed E-state index contributed by atoms with van der Waals surface area (Å²) in [7, 11) is 1.95. The zero-order valence-corrected chi connectivity index (χ0v) is 11.0. The van der Waals surface area contributed by atoms with Gasteiger partial charge in [-0.3, -0.25) is 4.68 Å². The Morgan fingerprint density at radius 1 is 1.21 bits per heavy atom. The number of anilines is 1. The quantitative estimate of drug-likeness (QED) is 0.778. The lowest BCUT2D eigenvalue weighted by Gasteiger charge is -2.08. The number of aryl methyl sites for hydroxylation is 1. The summed E-state index contributed by atoms with van der Waals surface area (Å²) in [5.74, 6) is 0. The molecule has 0 saturated carbocycles. The maximum Gasteiger partial charge on any atom is 0.0950 e. The molecule has 5 nitrogen and oxygen atoms in total. The van der Waals surface area contributed by atoms with Crippen molar-refractivity contribution in [3.05, 3.63) is 47.9 Å². The van der Waals surface area contributed by atoms with Gasteiger partial charge >= 0.3 is 0 Å². The highest BCUT2D eigenvalue weighted by Gasteiger charge is 2.05. The summed E-state index contributed by atoms with van der Waals surface area (Å²) < 4.78 is 1.87. The monoisotopic (exact) mass is 253 g/mol. The fourth-order valence-electron chi connectivity index (χ4n) is 2.06. The molecular formula is C14H15N5. The van der Waals surface area contributed by atoms with E-state index in [4.69, 9.17) is 0 Å². The van der Waals surface area contributed by atoms with Crippen molar-refractivity contribution < 1.29 is 0 Å². The second-order valence-electron chi connectivity index (χ2n) is 4.51. The largest absolute Gasteiger partial charge is 0.379 e. The van der Waals surface area contributed by atoms with Crippen molar-refractivity contribution in [2.75, 3.05) is 5.32 Å². The van der Waals surface area contributed by atoms with Crippen LogP contribution in [0, 0.1) is 6.92 Å². The van der Waals surface area contributed by atoms with Crippen LogP contribution in [-0.4, -0.2) is 20.0 Å². The van der Waals surface area contributed by atoms with Crippen molar-refractivity contribution in [2.45, 2.75) is 13.5 Å². The maximum absolute atomic E-state index is 4.24. The fourth-order valence-corrected chi connectivity index (χ4v) is 2.06. The van der Waals surface area contributed by atoms with Crippen LogP contribution in [0.4, 0.5) is 5.69 Å². The van der Waals surface area contributed by atoms with E-state index in [0.29, 0.717) is 0 Å². The second-order valence-corrected chi connectivity index (χ2v) is 4.51. The zero-order valence-electron chi connectivity index (χ0n) is 11.0. The molecule has 0 fully saturated rings. The Morgan fingerprint density at radius 3 is 2.84 bits per heavy atom. The molecule has 2 heterocycles. The Bertz CT molecular complexity index is 711. The van der Waals surface area contributed by atoms with Gasteiger partial charge in [-0.25, -0.2) is 0 Å². The molecule has 0 aliphatic heterocycles. The van der Waals surface area contributed by atoms with E-state index in [1.807, 2.05) is 42.2 Å². The first-order valence-corrected chi connectivity index (χ1v) is 6.17. The first kappa shape index (κ1) is 11.6. The summed E-state index contributed by atoms with van der Waals surface area (Å²) in [6.07, 6.45) is 3.65. The number of benzene rings is 1. The summed E-state index contributed by atoms with van der Waals surface area (Å²) in [4.78, 5) is 0. The molecule has 2 aromatic heterocycles. The van der Waals surface area contributed by atoms with E-state index in [2.05, 4.69) is 27.5 Å². The number of hydrogen-bond donors (Lipinski definition) is 1. The molecule has 5 heteroatoms. The fraction of sp³-hybridized carbons (Fsp3) is 0.214. The normalized spacial score (nSPS) is 10.8. The lowest BCUT2D eigenvalue weighted by Crippen LogP contribution is -2.02. The van der Waals surface area contributed by atoms with Crippen LogP contribution in [-0.2, 0) is 13.6 Å². The van der Waals surface area contributed by atoms with Crippen molar-refractivity contribution in [3.63, 3.8) is 0 Å². The van der Waals surface area contributed by atoms with E-state index in [-0.39, 0.29) is 0 Å². The Kier molecular flexibility index (Phi) is 2.87. The number of fused-ring (bicyclic) bond motifs is 1. The second kappa shape index (κ2) is 4.68. The summed E-state index contributed by atoms with van der Waals surface area (Å²) in [6, 6.07) is 7.97. The summed E-state index contributed by atoms with van der Waals surface area (Å²) in [5.41, 5.74) is 4.24. The summed E-state index contributed by atoms with van der Waals surface area (Å²) in [6.45, 7) is 2.79. The highest BCUT2D eigenvalue weighted by molar-refractivity contribution is 5.90. The van der Waals surface area contributed by atoms with Gasteiger partial charge in [0.25, 0.3) is 0 Å². The van der Waals surface area contributed by atoms with Crippen LogP contribution >= 0.6 is 0 Å². The molecule has 3 rings (SSSR count). The molecule has 0 spiro atoms. The molecule has 19 heavy (non-hydrogen) atoms. The maximum atomic E-state index is 4.24. The van der Waals surface area contributed by atoms with Gasteiger partial charge in [0.05, 0.1) is 23.6 Å². The number of rotatable bonds is 3. The smallest absolute Gasteiger partial charge is 0.0950 e. The van der Waals surface area contributed by atoms with Crippen LogP contribution in [0.5, 0.6) is 0 Å². The van der Waals surface area contributed by atoms with Gasteiger partial charge in [0.15, 0.2) is 0 Å². The van der Waals surface area contributed by atoms with Gasteiger partial charge in [-0.15, -0.1) is 0 Å². The first-order valence-electron chi connectivity index (χ1n) is 6.17. The van der Waals surface area contributed by atoms with Crippen LogP contribution in [0.3, 0.4) is 0 Å². The predicted molar refractivity (Wildman–Crippen MR) is 74.8 cm³/mol. The Balaban J connectivity index is 1.88. The molecule has 0 aliphatic carbocycles.